The Kier molecular flexibility index (Phi) is 10.2. The van der Waals surface area contributed by atoms with Crippen LogP contribution >= 0.6 is 0 Å². The van der Waals surface area contributed by atoms with Crippen LogP contribution in [0.2, 0.25) is 0 Å². The van der Waals surface area contributed by atoms with Gasteiger partial charge in [-0.15, -0.1) is 0 Å². The van der Waals surface area contributed by atoms with Crippen molar-refractivity contribution >= 4 is 17.6 Å². The maximum atomic E-state index is 6.24. The van der Waals surface area contributed by atoms with E-state index in [0.29, 0.717) is 45.3 Å². The summed E-state index contributed by atoms with van der Waals surface area (Å²) in [7, 11) is -2.45. The summed E-state index contributed by atoms with van der Waals surface area (Å²) in [5, 5.41) is 0. The standard InChI is InChI=1S/C19H35NO7Si2/c1-6-24-29(25-7-2,26-8-3)17-20-14-19(27-28(16-20,21-4)22-5)15-23-18-12-10-9-11-13-18/h9-13,19H,6-8,14-17H2,1-5H3. The summed E-state index contributed by atoms with van der Waals surface area (Å²) in [6.07, 6.45) is 0.894. The Morgan fingerprint density at radius 1 is 1.00 bits per heavy atom. The maximum absolute atomic E-state index is 6.24. The highest BCUT2D eigenvalue weighted by Crippen LogP contribution is 2.23. The first kappa shape index (κ1) is 24.4. The first-order valence-corrected chi connectivity index (χ1v) is 14.0. The molecule has 29 heavy (non-hydrogen) atoms. The van der Waals surface area contributed by atoms with Crippen LogP contribution < -0.4 is 4.74 Å². The van der Waals surface area contributed by atoms with E-state index in [9.17, 15) is 0 Å². The van der Waals surface area contributed by atoms with Gasteiger partial charge in [-0.25, -0.2) is 0 Å². The summed E-state index contributed by atoms with van der Waals surface area (Å²) in [5.74, 6) is 0.803. The molecule has 1 aromatic rings. The first-order valence-electron chi connectivity index (χ1n) is 10.1. The summed E-state index contributed by atoms with van der Waals surface area (Å²) in [6.45, 7) is 8.53. The van der Waals surface area contributed by atoms with Gasteiger partial charge in [-0.1, -0.05) is 18.2 Å². The Hall–Kier alpha value is -0.826. The molecule has 1 fully saturated rings. The van der Waals surface area contributed by atoms with E-state index in [1.54, 1.807) is 14.2 Å². The third kappa shape index (κ3) is 7.12. The van der Waals surface area contributed by atoms with Crippen LogP contribution in [0.3, 0.4) is 0 Å². The predicted octanol–water partition coefficient (Wildman–Crippen LogP) is 2.12. The van der Waals surface area contributed by atoms with Gasteiger partial charge in [0.05, 0.1) is 18.4 Å². The molecule has 1 saturated heterocycles. The van der Waals surface area contributed by atoms with Gasteiger partial charge in [0, 0.05) is 40.6 Å². The molecule has 0 radical (unpaired) electrons. The Morgan fingerprint density at radius 2 is 1.59 bits per heavy atom. The van der Waals surface area contributed by atoms with Crippen LogP contribution in [-0.4, -0.2) is 88.1 Å². The first-order chi connectivity index (χ1) is 14.0. The third-order valence-electron chi connectivity index (χ3n) is 4.54. The molecule has 10 heteroatoms. The molecule has 1 aromatic carbocycles. The molecule has 0 bridgehead atoms. The van der Waals surface area contributed by atoms with E-state index in [2.05, 4.69) is 4.90 Å². The second kappa shape index (κ2) is 12.1. The zero-order valence-corrected chi connectivity index (χ0v) is 20.2. The van der Waals surface area contributed by atoms with Crippen molar-refractivity contribution in [1.29, 1.82) is 0 Å². The van der Waals surface area contributed by atoms with Crippen molar-refractivity contribution in [3.8, 4) is 5.75 Å². The van der Waals surface area contributed by atoms with E-state index in [1.807, 2.05) is 51.1 Å². The van der Waals surface area contributed by atoms with Crippen LogP contribution in [-0.2, 0) is 26.6 Å². The molecule has 1 unspecified atom stereocenters. The number of ether oxygens (including phenoxy) is 1. The normalized spacial score (nSPS) is 20.0. The molecular weight excluding hydrogens is 410 g/mol. The van der Waals surface area contributed by atoms with Crippen LogP contribution in [0.1, 0.15) is 20.8 Å². The molecule has 1 aliphatic heterocycles. The van der Waals surface area contributed by atoms with E-state index in [4.69, 9.17) is 31.3 Å². The van der Waals surface area contributed by atoms with Crippen molar-refractivity contribution in [2.75, 3.05) is 59.5 Å². The van der Waals surface area contributed by atoms with E-state index in [-0.39, 0.29) is 6.10 Å². The molecule has 166 valence electrons. The Labute approximate surface area is 176 Å². The quantitative estimate of drug-likeness (QED) is 0.428. The van der Waals surface area contributed by atoms with Gasteiger partial charge in [-0.05, 0) is 32.9 Å². The van der Waals surface area contributed by atoms with Gasteiger partial charge in [0.1, 0.15) is 12.4 Å². The number of nitrogens with zero attached hydrogens (tertiary/aromatic N) is 1. The van der Waals surface area contributed by atoms with Crippen molar-refractivity contribution in [3.63, 3.8) is 0 Å². The fourth-order valence-corrected chi connectivity index (χ4v) is 8.36. The van der Waals surface area contributed by atoms with Crippen LogP contribution in [0, 0.1) is 0 Å². The maximum Gasteiger partial charge on any atom is 0.515 e. The molecule has 8 nitrogen and oxygen atoms in total. The average Bonchev–Trinajstić information content (AvgIpc) is 2.73. The van der Waals surface area contributed by atoms with Gasteiger partial charge >= 0.3 is 17.6 Å². The lowest BCUT2D eigenvalue weighted by molar-refractivity contribution is -0.0254. The van der Waals surface area contributed by atoms with Gasteiger partial charge in [-0.2, -0.15) is 0 Å². The minimum atomic E-state index is -2.86. The Morgan fingerprint density at radius 3 is 2.10 bits per heavy atom. The van der Waals surface area contributed by atoms with E-state index in [0.717, 1.165) is 5.75 Å². The zero-order valence-electron chi connectivity index (χ0n) is 18.2. The van der Waals surface area contributed by atoms with Crippen LogP contribution in [0.25, 0.3) is 0 Å². The van der Waals surface area contributed by atoms with Crippen molar-refractivity contribution < 1.29 is 31.3 Å². The lowest BCUT2D eigenvalue weighted by Crippen LogP contribution is -2.67. The summed E-state index contributed by atoms with van der Waals surface area (Å²) in [4.78, 5) is 2.22. The van der Waals surface area contributed by atoms with Gasteiger partial charge in [0.15, 0.2) is 0 Å². The highest BCUT2D eigenvalue weighted by atomic mass is 28.4. The van der Waals surface area contributed by atoms with Crippen molar-refractivity contribution in [3.05, 3.63) is 30.3 Å². The van der Waals surface area contributed by atoms with Crippen LogP contribution in [0.4, 0.5) is 0 Å². The van der Waals surface area contributed by atoms with E-state index in [1.165, 1.54) is 0 Å². The summed E-state index contributed by atoms with van der Waals surface area (Å²) >= 11 is 0. The van der Waals surface area contributed by atoms with Gasteiger partial charge in [0.2, 0.25) is 0 Å². The molecule has 0 aliphatic carbocycles. The van der Waals surface area contributed by atoms with Crippen molar-refractivity contribution in [1.82, 2.24) is 4.90 Å². The molecule has 0 aromatic heterocycles. The number of hydrogen-bond donors (Lipinski definition) is 0. The van der Waals surface area contributed by atoms with E-state index < -0.39 is 17.6 Å². The second-order valence-corrected chi connectivity index (χ2v) is 11.9. The summed E-state index contributed by atoms with van der Waals surface area (Å²) in [5.41, 5.74) is 0. The van der Waals surface area contributed by atoms with Crippen molar-refractivity contribution in [2.45, 2.75) is 26.9 Å². The second-order valence-electron chi connectivity index (χ2n) is 6.61. The zero-order chi connectivity index (χ0) is 21.2. The Balaban J connectivity index is 2.13. The van der Waals surface area contributed by atoms with Crippen molar-refractivity contribution in [2.24, 2.45) is 0 Å². The molecule has 0 N–H and O–H groups in total. The van der Waals surface area contributed by atoms with E-state index >= 15 is 0 Å². The molecule has 1 atom stereocenters. The SMILES string of the molecule is CCO[Si](CN1CC(COc2ccccc2)O[Si](OC)(OC)C1)(OCC)OCC. The Bertz CT molecular complexity index is 560. The van der Waals surface area contributed by atoms with Gasteiger partial charge < -0.3 is 31.3 Å². The monoisotopic (exact) mass is 445 g/mol. The molecule has 0 saturated carbocycles. The molecule has 2 rings (SSSR count). The molecule has 0 amide bonds. The lowest BCUT2D eigenvalue weighted by Gasteiger charge is -2.43. The number of hydrogen-bond acceptors (Lipinski definition) is 8. The highest BCUT2D eigenvalue weighted by Gasteiger charge is 2.52. The average molecular weight is 446 g/mol. The molecule has 1 heterocycles. The number of rotatable bonds is 13. The topological polar surface area (TPSA) is 67.9 Å². The molecular formula is C19H35NO7Si2. The largest absolute Gasteiger partial charge is 0.515 e. The third-order valence-corrected chi connectivity index (χ3v) is 10.3. The summed E-state index contributed by atoms with van der Waals surface area (Å²) in [6, 6.07) is 9.70. The van der Waals surface area contributed by atoms with Crippen LogP contribution in [0.15, 0.2) is 30.3 Å². The van der Waals surface area contributed by atoms with Crippen LogP contribution in [0.5, 0.6) is 5.75 Å². The fourth-order valence-electron chi connectivity index (χ4n) is 3.37. The molecule has 1 aliphatic rings. The number of benzene rings is 1. The minimum absolute atomic E-state index is 0.202. The lowest BCUT2D eigenvalue weighted by atomic mass is 10.3. The smallest absolute Gasteiger partial charge is 0.491 e. The fraction of sp³-hybridized carbons (Fsp3) is 0.684. The van der Waals surface area contributed by atoms with Gasteiger partial charge in [-0.3, -0.25) is 4.90 Å². The number of para-hydroxylation sites is 1. The minimum Gasteiger partial charge on any atom is -0.491 e. The summed E-state index contributed by atoms with van der Waals surface area (Å²) < 4.78 is 41.7. The van der Waals surface area contributed by atoms with Gasteiger partial charge in [0.25, 0.3) is 0 Å². The predicted molar refractivity (Wildman–Crippen MR) is 114 cm³/mol. The highest BCUT2D eigenvalue weighted by molar-refractivity contribution is 6.62. The molecule has 0 spiro atoms.